The number of pyridine rings is 1. The average Bonchev–Trinajstić information content (AvgIpc) is 3.18. The number of likely N-dealkylation sites (tertiary alicyclic amines) is 2. The zero-order valence-corrected chi connectivity index (χ0v) is 13.8. The number of carbonyl (C=O) groups excluding carboxylic acids is 1. The van der Waals surface area contributed by atoms with Crippen LogP contribution >= 0.6 is 0 Å². The van der Waals surface area contributed by atoms with Gasteiger partial charge in [-0.15, -0.1) is 0 Å². The first-order chi connectivity index (χ1) is 11.7. The van der Waals surface area contributed by atoms with Crippen molar-refractivity contribution in [1.82, 2.24) is 25.0 Å². The molecule has 2 fully saturated rings. The van der Waals surface area contributed by atoms with E-state index in [0.29, 0.717) is 17.6 Å². The van der Waals surface area contributed by atoms with Gasteiger partial charge in [0.05, 0.1) is 23.7 Å². The lowest BCUT2D eigenvalue weighted by Gasteiger charge is -2.25. The van der Waals surface area contributed by atoms with Gasteiger partial charge in [0, 0.05) is 37.4 Å². The first kappa shape index (κ1) is 15.2. The number of hydrogen-bond donors (Lipinski definition) is 0. The Labute approximate surface area is 141 Å². The van der Waals surface area contributed by atoms with Crippen LogP contribution in [0.2, 0.25) is 0 Å². The summed E-state index contributed by atoms with van der Waals surface area (Å²) in [5.41, 5.74) is 2.79. The quantitative estimate of drug-likeness (QED) is 0.860. The lowest BCUT2D eigenvalue weighted by Crippen LogP contribution is -2.39. The van der Waals surface area contributed by atoms with Gasteiger partial charge in [-0.1, -0.05) is 6.07 Å². The molecule has 24 heavy (non-hydrogen) atoms. The Balaban J connectivity index is 1.46. The Morgan fingerprint density at radius 3 is 2.83 bits per heavy atom. The van der Waals surface area contributed by atoms with Crippen molar-refractivity contribution in [1.29, 1.82) is 0 Å². The van der Waals surface area contributed by atoms with Crippen molar-refractivity contribution in [3.63, 3.8) is 0 Å². The predicted octanol–water partition coefficient (Wildman–Crippen LogP) is 1.67. The third kappa shape index (κ3) is 2.78. The van der Waals surface area contributed by atoms with E-state index in [9.17, 15) is 4.79 Å². The Bertz CT molecular complexity index is 735. The summed E-state index contributed by atoms with van der Waals surface area (Å²) in [6.07, 6.45) is 5.19. The first-order valence-electron chi connectivity index (χ1n) is 8.46. The number of aryl methyl sites for hydroxylation is 1. The fourth-order valence-electron chi connectivity index (χ4n) is 4.00. The molecule has 2 aromatic rings. The fourth-order valence-corrected chi connectivity index (χ4v) is 4.00. The molecule has 0 unspecified atom stereocenters. The molecule has 2 aliphatic rings. The molecule has 2 aromatic heterocycles. The van der Waals surface area contributed by atoms with Crippen molar-refractivity contribution in [3.05, 3.63) is 53.6 Å². The van der Waals surface area contributed by atoms with Gasteiger partial charge in [-0.05, 0) is 38.0 Å². The van der Waals surface area contributed by atoms with E-state index < -0.39 is 0 Å². The van der Waals surface area contributed by atoms with Crippen LogP contribution in [0, 0.1) is 6.92 Å². The molecule has 0 N–H and O–H groups in total. The third-order valence-corrected chi connectivity index (χ3v) is 5.09. The number of nitrogens with zero attached hydrogens (tertiary/aromatic N) is 5. The van der Waals surface area contributed by atoms with Crippen molar-refractivity contribution < 1.29 is 4.79 Å². The standard InChI is InChI=1S/C18H21N5O/c1-13-3-2-4-15(21-13)12-22-9-6-17-16(22)7-10-23(17)18(24)14-5-8-19-20-11-14/h2-5,8,11,16-17H,6-7,9-10,12H2,1H3/t16-,17+/m0/s1. The van der Waals surface area contributed by atoms with Gasteiger partial charge in [-0.25, -0.2) is 0 Å². The Hall–Kier alpha value is -2.34. The Kier molecular flexibility index (Phi) is 3.98. The molecule has 124 valence electrons. The number of fused-ring (bicyclic) bond motifs is 1. The van der Waals surface area contributed by atoms with Crippen LogP contribution in [0.25, 0.3) is 0 Å². The molecule has 0 spiro atoms. The fraction of sp³-hybridized carbons (Fsp3) is 0.444. The summed E-state index contributed by atoms with van der Waals surface area (Å²) in [6, 6.07) is 8.65. The highest BCUT2D eigenvalue weighted by Crippen LogP contribution is 2.33. The van der Waals surface area contributed by atoms with Crippen LogP contribution in [0.3, 0.4) is 0 Å². The van der Waals surface area contributed by atoms with Crippen LogP contribution < -0.4 is 0 Å². The highest BCUT2D eigenvalue weighted by Gasteiger charge is 2.44. The number of amides is 1. The van der Waals surface area contributed by atoms with Crippen molar-refractivity contribution in [2.75, 3.05) is 13.1 Å². The minimum Gasteiger partial charge on any atom is -0.334 e. The Morgan fingerprint density at radius 1 is 1.17 bits per heavy atom. The molecule has 1 amide bonds. The molecule has 4 rings (SSSR count). The highest BCUT2D eigenvalue weighted by atomic mass is 16.2. The number of aromatic nitrogens is 3. The smallest absolute Gasteiger partial charge is 0.255 e. The summed E-state index contributed by atoms with van der Waals surface area (Å²) < 4.78 is 0. The number of rotatable bonds is 3. The molecule has 2 atom stereocenters. The molecule has 2 saturated heterocycles. The molecular weight excluding hydrogens is 302 g/mol. The van der Waals surface area contributed by atoms with Crippen LogP contribution in [0.4, 0.5) is 0 Å². The van der Waals surface area contributed by atoms with Crippen LogP contribution in [0.1, 0.15) is 34.6 Å². The zero-order chi connectivity index (χ0) is 16.5. The summed E-state index contributed by atoms with van der Waals surface area (Å²) in [5, 5.41) is 7.58. The number of hydrogen-bond acceptors (Lipinski definition) is 5. The summed E-state index contributed by atoms with van der Waals surface area (Å²) in [6.45, 7) is 4.72. The predicted molar refractivity (Wildman–Crippen MR) is 89.3 cm³/mol. The van der Waals surface area contributed by atoms with Gasteiger partial charge in [-0.2, -0.15) is 10.2 Å². The van der Waals surface area contributed by atoms with Gasteiger partial charge < -0.3 is 4.90 Å². The summed E-state index contributed by atoms with van der Waals surface area (Å²) in [7, 11) is 0. The van der Waals surface area contributed by atoms with Crippen molar-refractivity contribution in [2.45, 2.75) is 38.4 Å². The van der Waals surface area contributed by atoms with Gasteiger partial charge in [-0.3, -0.25) is 14.7 Å². The first-order valence-corrected chi connectivity index (χ1v) is 8.46. The van der Waals surface area contributed by atoms with Crippen molar-refractivity contribution >= 4 is 5.91 Å². The molecule has 4 heterocycles. The van der Waals surface area contributed by atoms with Crippen molar-refractivity contribution in [2.24, 2.45) is 0 Å². The number of carbonyl (C=O) groups is 1. The molecular formula is C18H21N5O. The van der Waals surface area contributed by atoms with Crippen LogP contribution in [0.15, 0.2) is 36.7 Å². The topological polar surface area (TPSA) is 62.2 Å². The zero-order valence-electron chi connectivity index (χ0n) is 13.8. The molecule has 0 radical (unpaired) electrons. The van der Waals surface area contributed by atoms with E-state index in [-0.39, 0.29) is 5.91 Å². The van der Waals surface area contributed by atoms with Gasteiger partial charge >= 0.3 is 0 Å². The molecule has 0 aromatic carbocycles. The molecule has 0 aliphatic carbocycles. The largest absolute Gasteiger partial charge is 0.334 e. The molecule has 0 saturated carbocycles. The second-order valence-corrected chi connectivity index (χ2v) is 6.58. The van der Waals surface area contributed by atoms with Gasteiger partial charge in [0.25, 0.3) is 5.91 Å². The van der Waals surface area contributed by atoms with E-state index in [2.05, 4.69) is 32.2 Å². The van der Waals surface area contributed by atoms with Crippen molar-refractivity contribution in [3.8, 4) is 0 Å². The van der Waals surface area contributed by atoms with Gasteiger partial charge in [0.2, 0.25) is 0 Å². The lowest BCUT2D eigenvalue weighted by atomic mass is 10.1. The van der Waals surface area contributed by atoms with E-state index in [1.165, 1.54) is 0 Å². The highest BCUT2D eigenvalue weighted by molar-refractivity contribution is 5.94. The Morgan fingerprint density at radius 2 is 2.04 bits per heavy atom. The summed E-state index contributed by atoms with van der Waals surface area (Å²) in [4.78, 5) is 21.8. The van der Waals surface area contributed by atoms with Gasteiger partial charge in [0.1, 0.15) is 0 Å². The second-order valence-electron chi connectivity index (χ2n) is 6.58. The molecule has 2 aliphatic heterocycles. The minimum absolute atomic E-state index is 0.0768. The molecule has 0 bridgehead atoms. The maximum absolute atomic E-state index is 12.7. The SMILES string of the molecule is Cc1cccc(CN2CC[C@@H]3[C@@H]2CCN3C(=O)c2ccnnc2)n1. The van der Waals surface area contributed by atoms with E-state index in [1.54, 1.807) is 18.5 Å². The lowest BCUT2D eigenvalue weighted by molar-refractivity contribution is 0.0731. The van der Waals surface area contributed by atoms with E-state index in [4.69, 9.17) is 0 Å². The summed E-state index contributed by atoms with van der Waals surface area (Å²) >= 11 is 0. The van der Waals surface area contributed by atoms with E-state index in [1.807, 2.05) is 17.9 Å². The van der Waals surface area contributed by atoms with E-state index in [0.717, 1.165) is 43.9 Å². The molecule has 6 nitrogen and oxygen atoms in total. The van der Waals surface area contributed by atoms with E-state index >= 15 is 0 Å². The third-order valence-electron chi connectivity index (χ3n) is 5.09. The average molecular weight is 323 g/mol. The maximum Gasteiger partial charge on any atom is 0.255 e. The molecule has 6 heteroatoms. The summed E-state index contributed by atoms with van der Waals surface area (Å²) in [5.74, 6) is 0.0768. The normalized spacial score (nSPS) is 23.5. The van der Waals surface area contributed by atoms with Crippen LogP contribution in [-0.2, 0) is 6.54 Å². The van der Waals surface area contributed by atoms with Crippen LogP contribution in [0.5, 0.6) is 0 Å². The monoisotopic (exact) mass is 323 g/mol. The second kappa shape index (κ2) is 6.28. The van der Waals surface area contributed by atoms with Crippen LogP contribution in [-0.4, -0.2) is 56.1 Å². The minimum atomic E-state index is 0.0768. The maximum atomic E-state index is 12.7. The van der Waals surface area contributed by atoms with Gasteiger partial charge in [0.15, 0.2) is 0 Å².